The summed E-state index contributed by atoms with van der Waals surface area (Å²) in [6.07, 6.45) is -1.86. The number of aliphatic hydroxyl groups is 2. The summed E-state index contributed by atoms with van der Waals surface area (Å²) >= 11 is 0. The van der Waals surface area contributed by atoms with Crippen molar-refractivity contribution in [3.05, 3.63) is 59.7 Å². The van der Waals surface area contributed by atoms with Gasteiger partial charge in [0.2, 0.25) is 0 Å². The fourth-order valence-corrected chi connectivity index (χ4v) is 3.62. The number of ether oxygens (including phenoxy) is 2. The van der Waals surface area contributed by atoms with Gasteiger partial charge in [-0.25, -0.2) is 14.4 Å². The molecule has 2 aromatic carbocycles. The maximum atomic E-state index is 12.3. The Bertz CT molecular complexity index is 1160. The molecule has 0 heterocycles. The predicted molar refractivity (Wildman–Crippen MR) is 125 cm³/mol. The van der Waals surface area contributed by atoms with Gasteiger partial charge in [0.15, 0.2) is 28.6 Å². The molecular formula is C25H24O12. The third kappa shape index (κ3) is 6.78. The van der Waals surface area contributed by atoms with Crippen LogP contribution < -0.4 is 0 Å². The number of carboxylic acids is 1. The van der Waals surface area contributed by atoms with Gasteiger partial charge in [0.25, 0.3) is 0 Å². The van der Waals surface area contributed by atoms with E-state index in [9.17, 15) is 50.1 Å². The lowest BCUT2D eigenvalue weighted by molar-refractivity contribution is -0.203. The lowest BCUT2D eigenvalue weighted by Gasteiger charge is -2.40. The minimum absolute atomic E-state index is 0.319. The number of phenolic OH excluding ortho intramolecular Hbond substituents is 4. The number of phenols is 4. The number of aromatic hydroxyl groups is 4. The van der Waals surface area contributed by atoms with Crippen molar-refractivity contribution >= 4 is 30.1 Å². The van der Waals surface area contributed by atoms with Gasteiger partial charge in [-0.2, -0.15) is 0 Å². The van der Waals surface area contributed by atoms with Gasteiger partial charge in [0, 0.05) is 25.0 Å². The third-order valence-electron chi connectivity index (χ3n) is 5.60. The van der Waals surface area contributed by atoms with Crippen LogP contribution in [-0.2, 0) is 23.9 Å². The van der Waals surface area contributed by atoms with Crippen LogP contribution in [0.4, 0.5) is 0 Å². The van der Waals surface area contributed by atoms with Gasteiger partial charge in [-0.15, -0.1) is 0 Å². The summed E-state index contributed by atoms with van der Waals surface area (Å²) in [5.41, 5.74) is -1.84. The van der Waals surface area contributed by atoms with Crippen LogP contribution in [0.25, 0.3) is 12.2 Å². The van der Waals surface area contributed by atoms with Crippen molar-refractivity contribution in [1.29, 1.82) is 0 Å². The third-order valence-corrected chi connectivity index (χ3v) is 5.60. The van der Waals surface area contributed by atoms with E-state index in [0.29, 0.717) is 11.1 Å². The number of hydrogen-bond donors (Lipinski definition) is 7. The molecule has 0 spiro atoms. The van der Waals surface area contributed by atoms with Crippen molar-refractivity contribution in [2.24, 2.45) is 0 Å². The summed E-state index contributed by atoms with van der Waals surface area (Å²) in [6.45, 7) is 0. The van der Waals surface area contributed by atoms with E-state index >= 15 is 0 Å². The first-order valence-electron chi connectivity index (χ1n) is 10.8. The molecule has 2 unspecified atom stereocenters. The SMILES string of the molecule is O=C(C=Cc1ccc(O)c(O)c1)OC1CC(O)(C(=O)O)CC(OC(=O)C=Cc2ccc(O)c(O)c2)C1O. The molecule has 7 N–H and O–H groups in total. The summed E-state index contributed by atoms with van der Waals surface area (Å²) in [4.78, 5) is 36.2. The van der Waals surface area contributed by atoms with Gasteiger partial charge in [-0.05, 0) is 47.5 Å². The Balaban J connectivity index is 1.71. The highest BCUT2D eigenvalue weighted by Gasteiger charge is 2.52. The monoisotopic (exact) mass is 516 g/mol. The molecule has 1 saturated carbocycles. The highest BCUT2D eigenvalue weighted by Crippen LogP contribution is 2.33. The van der Waals surface area contributed by atoms with Crippen LogP contribution >= 0.6 is 0 Å². The summed E-state index contributed by atoms with van der Waals surface area (Å²) in [5.74, 6) is -5.31. The molecule has 196 valence electrons. The highest BCUT2D eigenvalue weighted by molar-refractivity contribution is 5.88. The summed E-state index contributed by atoms with van der Waals surface area (Å²) < 4.78 is 10.2. The Hall–Kier alpha value is -4.55. The molecule has 0 saturated heterocycles. The summed E-state index contributed by atoms with van der Waals surface area (Å²) in [6, 6.07) is 7.49. The van der Waals surface area contributed by atoms with Crippen molar-refractivity contribution in [2.75, 3.05) is 0 Å². The standard InChI is InChI=1S/C25H24O12/c26-15-5-1-13(9-17(15)28)3-7-21(30)36-19-11-25(35,24(33)34)12-20(23(19)32)37-22(31)8-4-14-2-6-16(27)18(29)10-14/h1-10,19-20,23,26-29,32,35H,11-12H2,(H,33,34). The average molecular weight is 516 g/mol. The smallest absolute Gasteiger partial charge is 0.335 e. The van der Waals surface area contributed by atoms with Gasteiger partial charge >= 0.3 is 17.9 Å². The highest BCUT2D eigenvalue weighted by atomic mass is 16.6. The topological polar surface area (TPSA) is 211 Å². The number of rotatable bonds is 7. The van der Waals surface area contributed by atoms with Gasteiger partial charge in [-0.3, -0.25) is 0 Å². The largest absolute Gasteiger partial charge is 0.504 e. The second kappa shape index (κ2) is 11.0. The number of carbonyl (C=O) groups is 3. The lowest BCUT2D eigenvalue weighted by atomic mass is 9.79. The Kier molecular flexibility index (Phi) is 8.05. The number of esters is 2. The molecule has 12 heteroatoms. The maximum Gasteiger partial charge on any atom is 0.335 e. The van der Waals surface area contributed by atoms with Crippen LogP contribution in [0.1, 0.15) is 24.0 Å². The first-order valence-corrected chi connectivity index (χ1v) is 10.8. The molecule has 1 aliphatic carbocycles. The Morgan fingerprint density at radius 2 is 1.16 bits per heavy atom. The van der Waals surface area contributed by atoms with E-state index < -0.39 is 66.2 Å². The molecule has 1 aliphatic rings. The number of aliphatic carboxylic acids is 1. The molecule has 2 atom stereocenters. The fourth-order valence-electron chi connectivity index (χ4n) is 3.62. The minimum Gasteiger partial charge on any atom is -0.504 e. The second-order valence-corrected chi connectivity index (χ2v) is 8.35. The Morgan fingerprint density at radius 3 is 1.51 bits per heavy atom. The normalized spacial score (nSPS) is 23.7. The zero-order valence-corrected chi connectivity index (χ0v) is 19.1. The molecule has 0 bridgehead atoms. The van der Waals surface area contributed by atoms with Gasteiger partial charge in [0.1, 0.15) is 18.3 Å². The molecule has 0 aromatic heterocycles. The molecule has 3 rings (SSSR count). The van der Waals surface area contributed by atoms with Gasteiger partial charge < -0.3 is 45.2 Å². The van der Waals surface area contributed by atoms with Crippen LogP contribution in [0.3, 0.4) is 0 Å². The minimum atomic E-state index is -2.48. The van der Waals surface area contributed by atoms with E-state index in [0.717, 1.165) is 12.2 Å². The molecule has 0 aliphatic heterocycles. The second-order valence-electron chi connectivity index (χ2n) is 8.35. The van der Waals surface area contributed by atoms with E-state index in [1.54, 1.807) is 0 Å². The van der Waals surface area contributed by atoms with Crippen LogP contribution in [0, 0.1) is 0 Å². The quantitative estimate of drug-likeness (QED) is 0.156. The van der Waals surface area contributed by atoms with Crippen LogP contribution in [0.5, 0.6) is 23.0 Å². The average Bonchev–Trinajstić information content (AvgIpc) is 2.83. The molecular weight excluding hydrogens is 492 g/mol. The first-order chi connectivity index (χ1) is 17.4. The summed E-state index contributed by atoms with van der Waals surface area (Å²) in [5, 5.41) is 68.3. The van der Waals surface area contributed by atoms with Crippen LogP contribution in [-0.4, -0.2) is 77.6 Å². The first kappa shape index (κ1) is 27.0. The van der Waals surface area contributed by atoms with E-state index in [2.05, 4.69) is 0 Å². The number of hydrogen-bond acceptors (Lipinski definition) is 11. The number of aliphatic hydroxyl groups excluding tert-OH is 1. The van der Waals surface area contributed by atoms with Gasteiger partial charge in [-0.1, -0.05) is 12.1 Å². The predicted octanol–water partition coefficient (Wildman–Crippen LogP) is 1.03. The zero-order valence-electron chi connectivity index (χ0n) is 19.1. The van der Waals surface area contributed by atoms with Gasteiger partial charge in [0.05, 0.1) is 0 Å². The maximum absolute atomic E-state index is 12.3. The van der Waals surface area contributed by atoms with Crippen molar-refractivity contribution in [1.82, 2.24) is 0 Å². The van der Waals surface area contributed by atoms with Crippen LogP contribution in [0.2, 0.25) is 0 Å². The van der Waals surface area contributed by atoms with Crippen molar-refractivity contribution < 1.29 is 59.6 Å². The molecule has 37 heavy (non-hydrogen) atoms. The number of carboxylic acid groups (broad SMARTS) is 1. The van der Waals surface area contributed by atoms with Crippen LogP contribution in [0.15, 0.2) is 48.6 Å². The summed E-state index contributed by atoms with van der Waals surface area (Å²) in [7, 11) is 0. The molecule has 0 radical (unpaired) electrons. The number of carbonyl (C=O) groups excluding carboxylic acids is 2. The van der Waals surface area contributed by atoms with E-state index in [4.69, 9.17) is 9.47 Å². The lowest BCUT2D eigenvalue weighted by Crippen LogP contribution is -2.58. The molecule has 12 nitrogen and oxygen atoms in total. The van der Waals surface area contributed by atoms with Crippen molar-refractivity contribution in [2.45, 2.75) is 36.8 Å². The van der Waals surface area contributed by atoms with Crippen molar-refractivity contribution in [3.8, 4) is 23.0 Å². The fraction of sp³-hybridized carbons (Fsp3) is 0.240. The Morgan fingerprint density at radius 1 is 0.757 bits per heavy atom. The van der Waals surface area contributed by atoms with E-state index in [1.807, 2.05) is 0 Å². The Labute approximate surface area is 209 Å². The zero-order chi connectivity index (χ0) is 27.3. The molecule has 2 aromatic rings. The van der Waals surface area contributed by atoms with Crippen molar-refractivity contribution in [3.63, 3.8) is 0 Å². The van der Waals surface area contributed by atoms with E-state index in [1.165, 1.54) is 48.6 Å². The van der Waals surface area contributed by atoms with E-state index in [-0.39, 0.29) is 11.5 Å². The molecule has 1 fully saturated rings. The number of benzene rings is 2. The molecule has 0 amide bonds.